The van der Waals surface area contributed by atoms with Gasteiger partial charge in [-0.05, 0) is 16.8 Å². The normalized spacial score (nSPS) is 19.2. The van der Waals surface area contributed by atoms with Gasteiger partial charge in [-0.25, -0.2) is 4.72 Å². The molecule has 1 aliphatic heterocycles. The predicted octanol–water partition coefficient (Wildman–Crippen LogP) is 2.61. The zero-order valence-corrected chi connectivity index (χ0v) is 8.99. The summed E-state index contributed by atoms with van der Waals surface area (Å²) in [4.78, 5) is 12.0. The molecule has 1 amide bonds. The highest BCUT2D eigenvalue weighted by molar-refractivity contribution is 8.23. The van der Waals surface area contributed by atoms with E-state index in [0.29, 0.717) is 5.56 Å². The van der Waals surface area contributed by atoms with Crippen molar-refractivity contribution >= 4 is 27.5 Å². The van der Waals surface area contributed by atoms with Crippen LogP contribution in [0, 0.1) is 0 Å². The molecule has 16 heavy (non-hydrogen) atoms. The van der Waals surface area contributed by atoms with Crippen LogP contribution in [0.4, 0.5) is 0 Å². The Bertz CT molecular complexity index is 609. The van der Waals surface area contributed by atoms with Crippen LogP contribution in [0.15, 0.2) is 41.3 Å². The molecule has 3 N–H and O–H groups in total. The van der Waals surface area contributed by atoms with Crippen LogP contribution in [0.5, 0.6) is 0 Å². The molecule has 4 nitrogen and oxygen atoms in total. The standard InChI is InChI=1S/C11H9NO3S/c13-11-10-8-4-2-1-3-7(8)5-6-9(10)16(14,15)12-11/h1-6,14-15H,(H,12,13). The summed E-state index contributed by atoms with van der Waals surface area (Å²) in [5.74, 6) is -0.424. The molecule has 2 aromatic carbocycles. The Kier molecular flexibility index (Phi) is 1.79. The number of carbonyl (C=O) groups excluding carboxylic acids is 1. The lowest BCUT2D eigenvalue weighted by Gasteiger charge is -2.26. The van der Waals surface area contributed by atoms with Gasteiger partial charge in [0.25, 0.3) is 5.91 Å². The van der Waals surface area contributed by atoms with Crippen molar-refractivity contribution in [3.05, 3.63) is 42.0 Å². The van der Waals surface area contributed by atoms with Gasteiger partial charge in [-0.3, -0.25) is 13.9 Å². The Labute approximate surface area is 93.4 Å². The van der Waals surface area contributed by atoms with Crippen molar-refractivity contribution in [2.24, 2.45) is 0 Å². The van der Waals surface area contributed by atoms with E-state index in [4.69, 9.17) is 0 Å². The lowest BCUT2D eigenvalue weighted by molar-refractivity contribution is 0.0985. The minimum Gasteiger partial charge on any atom is -0.278 e. The van der Waals surface area contributed by atoms with E-state index in [0.717, 1.165) is 10.8 Å². The first-order chi connectivity index (χ1) is 7.59. The van der Waals surface area contributed by atoms with Gasteiger partial charge in [0.2, 0.25) is 0 Å². The zero-order chi connectivity index (χ0) is 11.3. The highest BCUT2D eigenvalue weighted by atomic mass is 32.3. The van der Waals surface area contributed by atoms with E-state index < -0.39 is 16.7 Å². The van der Waals surface area contributed by atoms with Crippen LogP contribution in [0.25, 0.3) is 10.8 Å². The van der Waals surface area contributed by atoms with E-state index in [1.54, 1.807) is 18.2 Å². The second-order valence-electron chi connectivity index (χ2n) is 3.64. The molecule has 0 saturated heterocycles. The van der Waals surface area contributed by atoms with Crippen molar-refractivity contribution in [2.75, 3.05) is 0 Å². The van der Waals surface area contributed by atoms with Gasteiger partial charge in [-0.1, -0.05) is 41.1 Å². The maximum atomic E-state index is 11.7. The summed E-state index contributed by atoms with van der Waals surface area (Å²) < 4.78 is 21.6. The summed E-state index contributed by atoms with van der Waals surface area (Å²) in [5.41, 5.74) is 0.373. The zero-order valence-electron chi connectivity index (χ0n) is 8.18. The van der Waals surface area contributed by atoms with Crippen LogP contribution < -0.4 is 4.72 Å². The van der Waals surface area contributed by atoms with Crippen molar-refractivity contribution in [2.45, 2.75) is 4.90 Å². The fraction of sp³-hybridized carbons (Fsp3) is 0. The number of fused-ring (bicyclic) bond motifs is 3. The molecule has 0 aliphatic carbocycles. The molecule has 0 spiro atoms. The van der Waals surface area contributed by atoms with E-state index in [1.165, 1.54) is 0 Å². The second-order valence-corrected chi connectivity index (χ2v) is 5.38. The van der Waals surface area contributed by atoms with Crippen molar-refractivity contribution in [1.82, 2.24) is 4.72 Å². The second kappa shape index (κ2) is 2.98. The molecule has 0 bridgehead atoms. The van der Waals surface area contributed by atoms with Gasteiger partial charge in [-0.2, -0.15) is 0 Å². The van der Waals surface area contributed by atoms with E-state index >= 15 is 0 Å². The Morgan fingerprint density at radius 3 is 2.62 bits per heavy atom. The highest BCUT2D eigenvalue weighted by Gasteiger charge is 2.34. The SMILES string of the molecule is O=C1NS(O)(O)c2ccc3ccccc3c21. The minimum atomic E-state index is -3.15. The van der Waals surface area contributed by atoms with Crippen molar-refractivity contribution in [3.8, 4) is 0 Å². The van der Waals surface area contributed by atoms with E-state index in [1.807, 2.05) is 18.2 Å². The monoisotopic (exact) mass is 235 g/mol. The predicted molar refractivity (Wildman–Crippen MR) is 62.5 cm³/mol. The molecule has 5 heteroatoms. The summed E-state index contributed by atoms with van der Waals surface area (Å²) >= 11 is 0. The number of rotatable bonds is 0. The largest absolute Gasteiger partial charge is 0.278 e. The third-order valence-corrected chi connectivity index (χ3v) is 4.08. The fourth-order valence-electron chi connectivity index (χ4n) is 1.96. The van der Waals surface area contributed by atoms with Crippen molar-refractivity contribution in [1.29, 1.82) is 0 Å². The molecule has 1 heterocycles. The molecular weight excluding hydrogens is 226 g/mol. The number of hydrogen-bond donors (Lipinski definition) is 3. The first-order valence-corrected chi connectivity index (χ1v) is 6.26. The Hall–Kier alpha value is -1.56. The number of amides is 1. The number of nitrogens with one attached hydrogen (secondary N) is 1. The van der Waals surface area contributed by atoms with E-state index in [2.05, 4.69) is 4.72 Å². The molecular formula is C11H9NO3S. The van der Waals surface area contributed by atoms with Crippen molar-refractivity contribution in [3.63, 3.8) is 0 Å². The van der Waals surface area contributed by atoms with Crippen LogP contribution in [0.2, 0.25) is 0 Å². The Morgan fingerprint density at radius 2 is 1.81 bits per heavy atom. The highest BCUT2D eigenvalue weighted by Crippen LogP contribution is 2.52. The fourth-order valence-corrected chi connectivity index (χ4v) is 3.17. The van der Waals surface area contributed by atoms with Gasteiger partial charge < -0.3 is 0 Å². The first kappa shape index (κ1) is 9.65. The third kappa shape index (κ3) is 1.16. The molecule has 0 aromatic heterocycles. The van der Waals surface area contributed by atoms with Gasteiger partial charge in [0.1, 0.15) is 0 Å². The van der Waals surface area contributed by atoms with Gasteiger partial charge in [0.15, 0.2) is 0 Å². The van der Waals surface area contributed by atoms with Gasteiger partial charge in [-0.15, -0.1) is 0 Å². The number of carbonyl (C=O) groups is 1. The topological polar surface area (TPSA) is 69.6 Å². The van der Waals surface area contributed by atoms with Crippen LogP contribution in [0.3, 0.4) is 0 Å². The molecule has 3 rings (SSSR count). The smallest absolute Gasteiger partial charge is 0.272 e. The average Bonchev–Trinajstić information content (AvgIpc) is 2.49. The van der Waals surface area contributed by atoms with Gasteiger partial charge >= 0.3 is 0 Å². The molecule has 1 aliphatic rings. The van der Waals surface area contributed by atoms with Gasteiger partial charge in [0, 0.05) is 0 Å². The molecule has 0 saturated carbocycles. The lowest BCUT2D eigenvalue weighted by Crippen LogP contribution is -2.18. The Balaban J connectivity index is 2.45. The minimum absolute atomic E-state index is 0.288. The van der Waals surface area contributed by atoms with Crippen LogP contribution >= 0.6 is 10.8 Å². The molecule has 0 radical (unpaired) electrons. The molecule has 82 valence electrons. The molecule has 0 atom stereocenters. The maximum absolute atomic E-state index is 11.7. The van der Waals surface area contributed by atoms with E-state index in [9.17, 15) is 13.9 Å². The molecule has 2 aromatic rings. The van der Waals surface area contributed by atoms with Crippen LogP contribution in [-0.2, 0) is 0 Å². The van der Waals surface area contributed by atoms with E-state index in [-0.39, 0.29) is 4.90 Å². The summed E-state index contributed by atoms with van der Waals surface area (Å²) in [6.07, 6.45) is 0. The Morgan fingerprint density at radius 1 is 1.06 bits per heavy atom. The van der Waals surface area contributed by atoms with Crippen LogP contribution in [-0.4, -0.2) is 15.0 Å². The average molecular weight is 235 g/mol. The van der Waals surface area contributed by atoms with Crippen LogP contribution in [0.1, 0.15) is 10.4 Å². The quantitative estimate of drug-likeness (QED) is 0.657. The number of benzene rings is 2. The van der Waals surface area contributed by atoms with Crippen molar-refractivity contribution < 1.29 is 13.9 Å². The maximum Gasteiger partial charge on any atom is 0.272 e. The summed E-state index contributed by atoms with van der Waals surface area (Å²) in [7, 11) is -3.15. The van der Waals surface area contributed by atoms with Gasteiger partial charge in [0.05, 0.1) is 10.5 Å². The summed E-state index contributed by atoms with van der Waals surface area (Å²) in [6, 6.07) is 10.7. The first-order valence-electron chi connectivity index (χ1n) is 4.72. The summed E-state index contributed by atoms with van der Waals surface area (Å²) in [6.45, 7) is 0. The molecule has 0 unspecified atom stereocenters. The lowest BCUT2D eigenvalue weighted by atomic mass is 10.0. The summed E-state index contributed by atoms with van der Waals surface area (Å²) in [5, 5.41) is 1.66. The molecule has 0 fully saturated rings. The number of hydrogen-bond acceptors (Lipinski definition) is 3. The third-order valence-electron chi connectivity index (χ3n) is 2.66.